The second kappa shape index (κ2) is 37.2. The van der Waals surface area contributed by atoms with Crippen LogP contribution in [0.2, 0.25) is 0 Å². The summed E-state index contributed by atoms with van der Waals surface area (Å²) in [7, 11) is 0. The van der Waals surface area contributed by atoms with Crippen molar-refractivity contribution in [3.63, 3.8) is 0 Å². The zero-order valence-corrected chi connectivity index (χ0v) is 30.3. The first-order valence-electron chi connectivity index (χ1n) is 19.9. The van der Waals surface area contributed by atoms with Crippen molar-refractivity contribution >= 4 is 17.7 Å². The van der Waals surface area contributed by atoms with E-state index >= 15 is 0 Å². The van der Waals surface area contributed by atoms with Crippen molar-refractivity contribution in [2.24, 2.45) is 5.92 Å². The van der Waals surface area contributed by atoms with E-state index in [1.165, 1.54) is 218 Å². The molecule has 42 heavy (non-hydrogen) atoms. The van der Waals surface area contributed by atoms with E-state index in [1.54, 1.807) is 0 Å². The lowest BCUT2D eigenvalue weighted by molar-refractivity contribution is -0.114. The van der Waals surface area contributed by atoms with Crippen molar-refractivity contribution in [2.75, 3.05) is 0 Å². The predicted molar refractivity (Wildman–Crippen MR) is 195 cm³/mol. The van der Waals surface area contributed by atoms with Crippen molar-refractivity contribution in [2.45, 2.75) is 245 Å². The first-order valence-corrected chi connectivity index (χ1v) is 20.4. The van der Waals surface area contributed by atoms with Crippen LogP contribution in [0.3, 0.4) is 0 Å². The third-order valence-corrected chi connectivity index (χ3v) is 10.0. The van der Waals surface area contributed by atoms with Gasteiger partial charge in [0.2, 0.25) is 0 Å². The van der Waals surface area contributed by atoms with Gasteiger partial charge in [0.15, 0.2) is 5.12 Å². The quantitative estimate of drug-likeness (QED) is 0.0548. The van der Waals surface area contributed by atoms with Crippen LogP contribution in [-0.2, 0) is 4.79 Å². The molecule has 0 aromatic carbocycles. The van der Waals surface area contributed by atoms with Crippen LogP contribution in [0, 0.1) is 5.92 Å². The van der Waals surface area contributed by atoms with Crippen LogP contribution < -0.4 is 0 Å². The fraction of sp³-hybridized carbons (Fsp3) is 0.975. The average molecular weight is 609 g/mol. The minimum atomic E-state index is 0.142. The van der Waals surface area contributed by atoms with Crippen molar-refractivity contribution in [3.8, 4) is 0 Å². The van der Waals surface area contributed by atoms with Crippen molar-refractivity contribution in [1.82, 2.24) is 0 Å². The molecule has 0 aliphatic rings. The zero-order valence-electron chi connectivity index (χ0n) is 29.4. The molecule has 1 nitrogen and oxygen atoms in total. The summed E-state index contributed by atoms with van der Waals surface area (Å²) in [5.74, 6) is 0.209. The Hall–Kier alpha value is 0.0200. The smallest absolute Gasteiger partial charge is 0.188 e. The summed E-state index contributed by atoms with van der Waals surface area (Å²) in [6, 6.07) is 0. The lowest BCUT2D eigenvalue weighted by atomic mass is 9.95. The van der Waals surface area contributed by atoms with Gasteiger partial charge in [-0.2, -0.15) is 0 Å². The van der Waals surface area contributed by atoms with Gasteiger partial charge in [-0.25, -0.2) is 0 Å². The molecule has 0 rings (SSSR count). The van der Waals surface area contributed by atoms with Crippen LogP contribution in [0.25, 0.3) is 0 Å². The van der Waals surface area contributed by atoms with Crippen LogP contribution >= 0.6 is 12.6 Å². The highest BCUT2D eigenvalue weighted by Gasteiger charge is 2.14. The van der Waals surface area contributed by atoms with Gasteiger partial charge in [0.25, 0.3) is 0 Å². The van der Waals surface area contributed by atoms with Crippen molar-refractivity contribution < 1.29 is 4.79 Å². The van der Waals surface area contributed by atoms with Gasteiger partial charge < -0.3 is 0 Å². The van der Waals surface area contributed by atoms with E-state index in [0.717, 1.165) is 12.8 Å². The molecule has 0 saturated heterocycles. The molecule has 0 fully saturated rings. The van der Waals surface area contributed by atoms with E-state index in [2.05, 4.69) is 26.5 Å². The number of carbonyl (C=O) groups excluding carboxylic acids is 1. The van der Waals surface area contributed by atoms with Crippen LogP contribution in [0.15, 0.2) is 0 Å². The molecule has 0 aromatic rings. The molecule has 0 bridgehead atoms. The minimum absolute atomic E-state index is 0.142. The molecule has 0 radical (unpaired) electrons. The van der Waals surface area contributed by atoms with E-state index in [9.17, 15) is 4.79 Å². The summed E-state index contributed by atoms with van der Waals surface area (Å²) in [5, 5.41) is 0.142. The summed E-state index contributed by atoms with van der Waals surface area (Å²) < 4.78 is 0. The van der Waals surface area contributed by atoms with Gasteiger partial charge in [-0.1, -0.05) is 232 Å². The number of carbonyl (C=O) groups is 1. The first kappa shape index (κ1) is 42.0. The van der Waals surface area contributed by atoms with E-state index in [-0.39, 0.29) is 11.0 Å². The molecule has 2 heteroatoms. The van der Waals surface area contributed by atoms with E-state index < -0.39 is 0 Å². The Morgan fingerprint density at radius 3 is 0.667 bits per heavy atom. The maximum absolute atomic E-state index is 12.0. The average Bonchev–Trinajstić information content (AvgIpc) is 2.99. The molecular formula is C40H80OS. The van der Waals surface area contributed by atoms with Gasteiger partial charge in [0.1, 0.15) is 0 Å². The lowest BCUT2D eigenvalue weighted by Gasteiger charge is -2.13. The number of hydrogen-bond donors (Lipinski definition) is 1. The largest absolute Gasteiger partial charge is 0.287 e. The maximum atomic E-state index is 12.0. The van der Waals surface area contributed by atoms with E-state index in [0.29, 0.717) is 0 Å². The SMILES string of the molecule is CCCCCCCCCCCCCCCCCCCCC(CCCCCCCCCCCCCCCCCC)C(=O)S. The van der Waals surface area contributed by atoms with Gasteiger partial charge in [-0.15, -0.1) is 12.6 Å². The second-order valence-corrected chi connectivity index (χ2v) is 14.4. The molecule has 0 aliphatic carbocycles. The third-order valence-electron chi connectivity index (χ3n) is 9.66. The molecule has 252 valence electrons. The molecule has 0 heterocycles. The van der Waals surface area contributed by atoms with Crippen LogP contribution in [0.1, 0.15) is 245 Å². The Bertz CT molecular complexity index is 504. The summed E-state index contributed by atoms with van der Waals surface area (Å²) in [4.78, 5) is 12.0. The summed E-state index contributed by atoms with van der Waals surface area (Å²) in [5.41, 5.74) is 0. The zero-order chi connectivity index (χ0) is 30.6. The Morgan fingerprint density at radius 2 is 0.500 bits per heavy atom. The number of thiol groups is 1. The molecular weight excluding hydrogens is 529 g/mol. The normalized spacial score (nSPS) is 12.3. The standard InChI is InChI=1S/C40H80OS/c1-3-5-7-9-11-13-15-17-19-21-22-24-26-28-30-32-34-36-38-39(40(41)42)37-35-33-31-29-27-25-23-20-18-16-14-12-10-8-6-4-2/h39H,3-38H2,1-2H3,(H,41,42). The molecule has 0 saturated carbocycles. The minimum Gasteiger partial charge on any atom is -0.287 e. The van der Waals surface area contributed by atoms with E-state index in [1.807, 2.05) is 0 Å². The van der Waals surface area contributed by atoms with Gasteiger partial charge >= 0.3 is 0 Å². The molecule has 1 unspecified atom stereocenters. The molecule has 0 spiro atoms. The molecule has 0 aromatic heterocycles. The molecule has 0 amide bonds. The van der Waals surface area contributed by atoms with Crippen LogP contribution in [0.5, 0.6) is 0 Å². The van der Waals surface area contributed by atoms with Crippen molar-refractivity contribution in [1.29, 1.82) is 0 Å². The highest BCUT2D eigenvalue weighted by atomic mass is 32.1. The summed E-state index contributed by atoms with van der Waals surface area (Å²) in [6.07, 6.45) is 50.0. The molecule has 0 N–H and O–H groups in total. The Labute approximate surface area is 272 Å². The summed E-state index contributed by atoms with van der Waals surface area (Å²) >= 11 is 4.22. The van der Waals surface area contributed by atoms with Gasteiger partial charge in [0, 0.05) is 5.92 Å². The topological polar surface area (TPSA) is 17.1 Å². The Kier molecular flexibility index (Phi) is 37.2. The van der Waals surface area contributed by atoms with Gasteiger partial charge in [0.05, 0.1) is 0 Å². The number of unbranched alkanes of at least 4 members (excludes halogenated alkanes) is 32. The molecule has 1 atom stereocenters. The first-order chi connectivity index (χ1) is 20.7. The highest BCUT2D eigenvalue weighted by molar-refractivity contribution is 7.96. The van der Waals surface area contributed by atoms with Crippen LogP contribution in [-0.4, -0.2) is 5.12 Å². The highest BCUT2D eigenvalue weighted by Crippen LogP contribution is 2.22. The fourth-order valence-corrected chi connectivity index (χ4v) is 6.88. The van der Waals surface area contributed by atoms with Crippen molar-refractivity contribution in [3.05, 3.63) is 0 Å². The maximum Gasteiger partial charge on any atom is 0.188 e. The fourth-order valence-electron chi connectivity index (χ4n) is 6.62. The Morgan fingerprint density at radius 1 is 0.333 bits per heavy atom. The molecule has 0 aliphatic heterocycles. The summed E-state index contributed by atoms with van der Waals surface area (Å²) in [6.45, 7) is 4.60. The Balaban J connectivity index is 3.36. The monoisotopic (exact) mass is 609 g/mol. The van der Waals surface area contributed by atoms with Gasteiger partial charge in [-0.3, -0.25) is 4.79 Å². The number of hydrogen-bond acceptors (Lipinski definition) is 1. The predicted octanol–water partition coefficient (Wildman–Crippen LogP) is 15.1. The second-order valence-electron chi connectivity index (χ2n) is 13.9. The van der Waals surface area contributed by atoms with Crippen LogP contribution in [0.4, 0.5) is 0 Å². The van der Waals surface area contributed by atoms with Gasteiger partial charge in [-0.05, 0) is 12.8 Å². The lowest BCUT2D eigenvalue weighted by Crippen LogP contribution is -2.09. The third kappa shape index (κ3) is 34.5. The van der Waals surface area contributed by atoms with E-state index in [4.69, 9.17) is 0 Å². The number of rotatable bonds is 37.